The van der Waals surface area contributed by atoms with E-state index in [0.29, 0.717) is 0 Å². The maximum absolute atomic E-state index is 9.68. The molecule has 82 valence electrons. The van der Waals surface area contributed by atoms with E-state index in [1.807, 2.05) is 0 Å². The predicted octanol–water partition coefficient (Wildman–Crippen LogP) is 1.33. The van der Waals surface area contributed by atoms with Crippen molar-refractivity contribution < 1.29 is 15.3 Å². The normalized spacial score (nSPS) is 20.2. The lowest BCUT2D eigenvalue weighted by Gasteiger charge is -2.23. The Morgan fingerprint density at radius 1 is 1.14 bits per heavy atom. The quantitative estimate of drug-likeness (QED) is 0.672. The molecule has 0 amide bonds. The summed E-state index contributed by atoms with van der Waals surface area (Å²) in [6.07, 6.45) is 3.18. The number of aliphatic hydroxyl groups is 3. The minimum absolute atomic E-state index is 0.991. The topological polar surface area (TPSA) is 60.7 Å². The Balaban J connectivity index is 4.49. The molecule has 0 aliphatic carbocycles. The molecule has 0 aliphatic rings. The van der Waals surface area contributed by atoms with Crippen molar-refractivity contribution in [3.63, 3.8) is 0 Å². The summed E-state index contributed by atoms with van der Waals surface area (Å²) in [7, 11) is 0. The molecule has 0 unspecified atom stereocenters. The summed E-state index contributed by atoms with van der Waals surface area (Å²) in [5.74, 6) is 0. The number of halogens is 1. The Morgan fingerprint density at radius 2 is 1.64 bits per heavy atom. The molecule has 2 atom stereocenters. The molecule has 0 bridgehead atoms. The van der Waals surface area contributed by atoms with E-state index in [0.717, 1.165) is 0 Å². The Bertz CT molecular complexity index is 226. The van der Waals surface area contributed by atoms with Gasteiger partial charge in [0.2, 0.25) is 0 Å². The van der Waals surface area contributed by atoms with Gasteiger partial charge in [-0.05, 0) is 31.8 Å². The van der Waals surface area contributed by atoms with Crippen molar-refractivity contribution >= 4 is 15.9 Å². The van der Waals surface area contributed by atoms with Gasteiger partial charge in [0.1, 0.15) is 11.7 Å². The van der Waals surface area contributed by atoms with Crippen LogP contribution in [-0.2, 0) is 0 Å². The lowest BCUT2D eigenvalue weighted by atomic mass is 9.97. The van der Waals surface area contributed by atoms with Crippen molar-refractivity contribution in [2.75, 3.05) is 0 Å². The van der Waals surface area contributed by atoms with Gasteiger partial charge in [-0.2, -0.15) is 0 Å². The molecule has 0 aromatic rings. The first-order valence-electron chi connectivity index (χ1n) is 4.29. The van der Waals surface area contributed by atoms with Gasteiger partial charge in [0.25, 0.3) is 0 Å². The zero-order valence-corrected chi connectivity index (χ0v) is 10.2. The second kappa shape index (κ2) is 5.07. The van der Waals surface area contributed by atoms with Gasteiger partial charge in [-0.25, -0.2) is 0 Å². The molecule has 4 heteroatoms. The van der Waals surface area contributed by atoms with Crippen LogP contribution in [0.15, 0.2) is 23.2 Å². The standard InChI is InChI=1S/C10H17BrO3/c1-9(2,13)5-4-8(12)10(3,14)6-7-11/h4-8,12-14H,1-3H3/b5-4+,7-6+/t8-,10-/m1/s1. The zero-order chi connectivity index (χ0) is 11.4. The fourth-order valence-electron chi connectivity index (χ4n) is 0.748. The van der Waals surface area contributed by atoms with Gasteiger partial charge >= 0.3 is 0 Å². The van der Waals surface area contributed by atoms with E-state index in [9.17, 15) is 15.3 Å². The van der Waals surface area contributed by atoms with Gasteiger partial charge in [-0.1, -0.05) is 28.1 Å². The lowest BCUT2D eigenvalue weighted by molar-refractivity contribution is -0.000229. The summed E-state index contributed by atoms with van der Waals surface area (Å²) in [6.45, 7) is 4.65. The fourth-order valence-corrected chi connectivity index (χ4v) is 1.28. The minimum atomic E-state index is -1.34. The van der Waals surface area contributed by atoms with Crippen molar-refractivity contribution in [3.8, 4) is 0 Å². The number of hydrogen-bond acceptors (Lipinski definition) is 3. The minimum Gasteiger partial charge on any atom is -0.386 e. The molecular weight excluding hydrogens is 248 g/mol. The first kappa shape index (κ1) is 13.8. The van der Waals surface area contributed by atoms with Gasteiger partial charge < -0.3 is 15.3 Å². The van der Waals surface area contributed by atoms with Crippen LogP contribution in [0.25, 0.3) is 0 Å². The molecule has 0 spiro atoms. The van der Waals surface area contributed by atoms with Crippen molar-refractivity contribution in [2.24, 2.45) is 0 Å². The lowest BCUT2D eigenvalue weighted by Crippen LogP contribution is -2.36. The molecule has 0 aromatic heterocycles. The predicted molar refractivity (Wildman–Crippen MR) is 60.1 cm³/mol. The molecule has 3 N–H and O–H groups in total. The van der Waals surface area contributed by atoms with Crippen LogP contribution in [0, 0.1) is 0 Å². The molecule has 0 aliphatic heterocycles. The molecule has 0 aromatic carbocycles. The fraction of sp³-hybridized carbons (Fsp3) is 0.600. The Kier molecular flexibility index (Phi) is 5.01. The van der Waals surface area contributed by atoms with E-state index in [1.54, 1.807) is 13.8 Å². The van der Waals surface area contributed by atoms with Crippen LogP contribution in [-0.4, -0.2) is 32.6 Å². The molecule has 0 fully saturated rings. The summed E-state index contributed by atoms with van der Waals surface area (Å²) in [5.41, 5.74) is -2.33. The van der Waals surface area contributed by atoms with Gasteiger partial charge in [0.05, 0.1) is 5.60 Å². The number of aliphatic hydroxyl groups excluding tert-OH is 1. The van der Waals surface area contributed by atoms with Gasteiger partial charge in [-0.15, -0.1) is 0 Å². The molecule has 14 heavy (non-hydrogen) atoms. The number of rotatable bonds is 4. The van der Waals surface area contributed by atoms with Crippen LogP contribution in [0.4, 0.5) is 0 Å². The zero-order valence-electron chi connectivity index (χ0n) is 8.61. The van der Waals surface area contributed by atoms with Crippen LogP contribution in [0.2, 0.25) is 0 Å². The third-order valence-corrected chi connectivity index (χ3v) is 1.95. The summed E-state index contributed by atoms with van der Waals surface area (Å²) in [6, 6.07) is 0. The maximum Gasteiger partial charge on any atom is 0.110 e. The van der Waals surface area contributed by atoms with Gasteiger partial charge in [0.15, 0.2) is 0 Å². The Morgan fingerprint density at radius 3 is 2.00 bits per heavy atom. The van der Waals surface area contributed by atoms with E-state index in [4.69, 9.17) is 0 Å². The van der Waals surface area contributed by atoms with E-state index < -0.39 is 17.3 Å². The van der Waals surface area contributed by atoms with E-state index in [1.165, 1.54) is 30.1 Å². The first-order valence-corrected chi connectivity index (χ1v) is 5.21. The smallest absolute Gasteiger partial charge is 0.110 e. The van der Waals surface area contributed by atoms with Crippen LogP contribution in [0.3, 0.4) is 0 Å². The van der Waals surface area contributed by atoms with Crippen LogP contribution in [0.5, 0.6) is 0 Å². The summed E-state index contributed by atoms with van der Waals surface area (Å²) in [5, 5.41) is 28.6. The highest BCUT2D eigenvalue weighted by atomic mass is 79.9. The monoisotopic (exact) mass is 264 g/mol. The number of hydrogen-bond donors (Lipinski definition) is 3. The SMILES string of the molecule is CC(C)(O)/C=C/[C@@H](O)[C@](C)(O)/C=C/Br. The highest BCUT2D eigenvalue weighted by Crippen LogP contribution is 2.15. The largest absolute Gasteiger partial charge is 0.386 e. The Hall–Kier alpha value is -0.160. The van der Waals surface area contributed by atoms with Crippen LogP contribution >= 0.6 is 15.9 Å². The second-order valence-corrected chi connectivity index (χ2v) is 4.50. The summed E-state index contributed by atoms with van der Waals surface area (Å²) >= 11 is 3.02. The average molecular weight is 265 g/mol. The van der Waals surface area contributed by atoms with Crippen LogP contribution < -0.4 is 0 Å². The molecule has 0 heterocycles. The average Bonchev–Trinajstić information content (AvgIpc) is 1.98. The maximum atomic E-state index is 9.68. The summed E-state index contributed by atoms with van der Waals surface area (Å²) < 4.78 is 0. The molecule has 0 rings (SSSR count). The molecular formula is C10H17BrO3. The van der Waals surface area contributed by atoms with Crippen molar-refractivity contribution in [1.29, 1.82) is 0 Å². The molecule has 0 saturated carbocycles. The first-order chi connectivity index (χ1) is 6.19. The van der Waals surface area contributed by atoms with Crippen molar-refractivity contribution in [1.82, 2.24) is 0 Å². The molecule has 0 saturated heterocycles. The van der Waals surface area contributed by atoms with Crippen molar-refractivity contribution in [2.45, 2.75) is 38.1 Å². The molecule has 0 radical (unpaired) electrons. The summed E-state index contributed by atoms with van der Waals surface area (Å²) in [4.78, 5) is 1.48. The van der Waals surface area contributed by atoms with Gasteiger partial charge in [-0.3, -0.25) is 0 Å². The third-order valence-electron chi connectivity index (χ3n) is 1.69. The third kappa shape index (κ3) is 5.54. The van der Waals surface area contributed by atoms with E-state index >= 15 is 0 Å². The Labute approximate surface area is 92.9 Å². The highest BCUT2D eigenvalue weighted by molar-refractivity contribution is 9.11. The van der Waals surface area contributed by atoms with E-state index in [2.05, 4.69) is 15.9 Å². The van der Waals surface area contributed by atoms with Crippen LogP contribution in [0.1, 0.15) is 20.8 Å². The highest BCUT2D eigenvalue weighted by Gasteiger charge is 2.25. The molecule has 3 nitrogen and oxygen atoms in total. The second-order valence-electron chi connectivity index (χ2n) is 3.98. The van der Waals surface area contributed by atoms with Gasteiger partial charge in [0, 0.05) is 0 Å². The van der Waals surface area contributed by atoms with E-state index in [-0.39, 0.29) is 0 Å². The van der Waals surface area contributed by atoms with Crippen molar-refractivity contribution in [3.05, 3.63) is 23.2 Å².